The van der Waals surface area contributed by atoms with Crippen molar-refractivity contribution in [2.24, 2.45) is 23.7 Å². The number of carbonyl (C=O) groups excluding carboxylic acids is 1. The van der Waals surface area contributed by atoms with E-state index in [1.165, 1.54) is 0 Å². The molecule has 3 heterocycles. The van der Waals surface area contributed by atoms with Gasteiger partial charge in [0.1, 0.15) is 5.82 Å². The number of piperidine rings is 1. The van der Waals surface area contributed by atoms with Crippen LogP contribution in [0, 0.1) is 30.6 Å². The van der Waals surface area contributed by atoms with Crippen molar-refractivity contribution in [2.45, 2.75) is 119 Å². The van der Waals surface area contributed by atoms with Gasteiger partial charge in [-0.1, -0.05) is 0 Å². The van der Waals surface area contributed by atoms with Crippen LogP contribution in [-0.2, 0) is 38.9 Å². The second-order valence-corrected chi connectivity index (χ2v) is 18.7. The molecule has 1 aromatic rings. The van der Waals surface area contributed by atoms with Crippen molar-refractivity contribution in [1.82, 2.24) is 24.5 Å². The fourth-order valence-electron chi connectivity index (χ4n) is 9.10. The summed E-state index contributed by atoms with van der Waals surface area (Å²) in [5.74, 6) is -1.78. The monoisotopic (exact) mass is 733 g/mol. The minimum atomic E-state index is -3.65. The Bertz CT molecular complexity index is 1520. The number of alkyl halides is 3. The average molecular weight is 734 g/mol. The molecule has 2 saturated carbocycles. The van der Waals surface area contributed by atoms with Crippen LogP contribution in [0.15, 0.2) is 4.79 Å². The van der Waals surface area contributed by atoms with Crippen LogP contribution in [0.5, 0.6) is 0 Å². The molecule has 1 aromatic heterocycles. The van der Waals surface area contributed by atoms with E-state index in [2.05, 4.69) is 21.9 Å². The van der Waals surface area contributed by atoms with Gasteiger partial charge in [-0.25, -0.2) is 22.2 Å². The highest BCUT2D eigenvalue weighted by molar-refractivity contribution is 8.00. The first-order valence-corrected chi connectivity index (χ1v) is 20.8. The maximum atomic E-state index is 13.8. The molecule has 48 heavy (non-hydrogen) atoms. The van der Waals surface area contributed by atoms with Gasteiger partial charge in [-0.3, -0.25) is 18.9 Å². The molecule has 0 bridgehead atoms. The van der Waals surface area contributed by atoms with E-state index in [0.717, 1.165) is 49.6 Å². The van der Waals surface area contributed by atoms with E-state index >= 15 is 0 Å². The number of aryl methyl sites for hydroxylation is 2. The largest absolute Gasteiger partial charge is 0.376 e. The summed E-state index contributed by atoms with van der Waals surface area (Å²) in [6, 6.07) is 0.143. The number of aromatic nitrogens is 2. The van der Waals surface area contributed by atoms with Crippen LogP contribution in [-0.4, -0.2) is 102 Å². The molecule has 10 nitrogen and oxygen atoms in total. The van der Waals surface area contributed by atoms with Crippen LogP contribution in [0.4, 0.5) is 8.78 Å². The summed E-state index contributed by atoms with van der Waals surface area (Å²) in [5.41, 5.74) is 1.54. The Morgan fingerprint density at radius 1 is 1.23 bits per heavy atom. The normalized spacial score (nSPS) is 35.1. The minimum Gasteiger partial charge on any atom is -0.376 e. The number of fused-ring (bicyclic) bond motifs is 2. The summed E-state index contributed by atoms with van der Waals surface area (Å²) >= 11 is 8.49. The Balaban J connectivity index is 1.11. The van der Waals surface area contributed by atoms with Gasteiger partial charge in [0.2, 0.25) is 21.9 Å². The highest BCUT2D eigenvalue weighted by Crippen LogP contribution is 2.48. The summed E-state index contributed by atoms with van der Waals surface area (Å²) < 4.78 is 60.9. The van der Waals surface area contributed by atoms with Gasteiger partial charge in [0.25, 0.3) is 5.56 Å². The molecule has 0 spiro atoms. The van der Waals surface area contributed by atoms with Gasteiger partial charge in [0.05, 0.1) is 37.1 Å². The fraction of sp³-hybridized carbons (Fsp3) is 0.848. The van der Waals surface area contributed by atoms with Gasteiger partial charge in [-0.15, -0.1) is 11.6 Å². The number of nitrogens with one attached hydrogen (secondary N) is 2. The van der Waals surface area contributed by atoms with Crippen LogP contribution in [0.1, 0.15) is 69.0 Å². The molecule has 270 valence electrons. The summed E-state index contributed by atoms with van der Waals surface area (Å²) in [5, 5.41) is 3.77. The van der Waals surface area contributed by atoms with E-state index in [9.17, 15) is 26.8 Å². The molecule has 3 aliphatic carbocycles. The Morgan fingerprint density at radius 2 is 1.98 bits per heavy atom. The van der Waals surface area contributed by atoms with Gasteiger partial charge < -0.3 is 15.0 Å². The van der Waals surface area contributed by atoms with Gasteiger partial charge in [-0.2, -0.15) is 11.8 Å². The number of halogens is 3. The lowest BCUT2D eigenvalue weighted by Gasteiger charge is -2.47. The van der Waals surface area contributed by atoms with Gasteiger partial charge in [0, 0.05) is 59.5 Å². The number of thioether (sulfide) groups is 1. The number of carbonyl (C=O) groups is 1. The highest BCUT2D eigenvalue weighted by Gasteiger charge is 2.52. The van der Waals surface area contributed by atoms with E-state index in [0.29, 0.717) is 44.1 Å². The molecule has 9 atom stereocenters. The molecular weight excluding hydrogens is 684 g/mol. The first kappa shape index (κ1) is 36.5. The summed E-state index contributed by atoms with van der Waals surface area (Å²) in [6.45, 7) is 5.33. The molecular formula is C33H50ClF2N5O5S2. The van der Waals surface area contributed by atoms with Crippen molar-refractivity contribution in [3.05, 3.63) is 27.4 Å². The molecule has 0 aromatic carbocycles. The van der Waals surface area contributed by atoms with Gasteiger partial charge >= 0.3 is 0 Å². The summed E-state index contributed by atoms with van der Waals surface area (Å²) in [6.07, 6.45) is 6.36. The number of likely N-dealkylation sites (N-methyl/N-ethyl adjacent to an activating group) is 1. The van der Waals surface area contributed by atoms with Crippen molar-refractivity contribution in [3.63, 3.8) is 0 Å². The molecule has 2 aliphatic heterocycles. The minimum absolute atomic E-state index is 0.001000. The Labute approximate surface area is 291 Å². The van der Waals surface area contributed by atoms with Crippen molar-refractivity contribution in [3.8, 4) is 0 Å². The maximum absolute atomic E-state index is 13.8. The van der Waals surface area contributed by atoms with Gasteiger partial charge in [0.15, 0.2) is 0 Å². The number of amides is 1. The topological polar surface area (TPSA) is 123 Å². The average Bonchev–Trinajstić information content (AvgIpc) is 3.41. The van der Waals surface area contributed by atoms with Crippen molar-refractivity contribution in [2.75, 3.05) is 32.2 Å². The Hall–Kier alpha value is -1.32. The van der Waals surface area contributed by atoms with Crippen LogP contribution in [0.25, 0.3) is 0 Å². The SMILES string of the molecule is Cc1nc2c(c(=O)n1CCOC1CCC(Cl)CC1C1CC(C)NC3C(C(=O)NS(C)(=O)=O)CSC13)C[C@H](N(C)CC1CC(F)(F)C1)CC2. The fourth-order valence-corrected chi connectivity index (χ4v) is 11.8. The smallest absolute Gasteiger partial charge is 0.257 e. The second-order valence-electron chi connectivity index (χ2n) is 15.1. The lowest BCUT2D eigenvalue weighted by Crippen LogP contribution is -2.58. The van der Waals surface area contributed by atoms with E-state index in [1.807, 2.05) is 14.0 Å². The standard InChI is InChI=1S/C33H50ClF2N5O5S2/c1-18-11-24(30-29(37-18)26(17-47-30)31(42)39-48(4,44)45)23-12-21(34)5-8-28(23)46-10-9-41-19(2)38-27-7-6-22(13-25(27)32(41)43)40(3)16-20-14-33(35,36)15-20/h18,20-24,26,28-30,37H,5-17H2,1-4H3,(H,39,42)/t18?,21?,22-,23?,24?,26?,28?,29?,30?/m1/s1. The third kappa shape index (κ3) is 8.09. The zero-order valence-corrected chi connectivity index (χ0v) is 30.7. The number of sulfonamides is 1. The summed E-state index contributed by atoms with van der Waals surface area (Å²) in [4.78, 5) is 33.7. The number of ether oxygens (including phenoxy) is 1. The number of rotatable bonds is 10. The van der Waals surface area contributed by atoms with Crippen molar-refractivity contribution in [1.29, 1.82) is 0 Å². The second kappa shape index (κ2) is 14.4. The van der Waals surface area contributed by atoms with Crippen molar-refractivity contribution < 1.29 is 26.7 Å². The van der Waals surface area contributed by atoms with E-state index in [-0.39, 0.29) is 71.0 Å². The van der Waals surface area contributed by atoms with Crippen molar-refractivity contribution >= 4 is 39.3 Å². The third-order valence-electron chi connectivity index (χ3n) is 11.4. The predicted octanol–water partition coefficient (Wildman–Crippen LogP) is 3.35. The third-order valence-corrected chi connectivity index (χ3v) is 14.0. The molecule has 6 rings (SSSR count). The molecule has 1 amide bonds. The molecule has 15 heteroatoms. The van der Waals surface area contributed by atoms with E-state index in [4.69, 9.17) is 21.3 Å². The predicted molar refractivity (Wildman–Crippen MR) is 183 cm³/mol. The molecule has 2 saturated heterocycles. The van der Waals surface area contributed by atoms with Crippen LogP contribution < -0.4 is 15.6 Å². The summed E-state index contributed by atoms with van der Waals surface area (Å²) in [7, 11) is -1.67. The molecule has 0 radical (unpaired) electrons. The Morgan fingerprint density at radius 3 is 2.69 bits per heavy atom. The van der Waals surface area contributed by atoms with Crippen LogP contribution in [0.2, 0.25) is 0 Å². The zero-order chi connectivity index (χ0) is 34.5. The first-order valence-electron chi connectivity index (χ1n) is 17.4. The number of nitrogens with zero attached hydrogens (tertiary/aromatic N) is 3. The quantitative estimate of drug-likeness (QED) is 0.349. The lowest BCUT2D eigenvalue weighted by atomic mass is 9.70. The maximum Gasteiger partial charge on any atom is 0.257 e. The molecule has 2 N–H and O–H groups in total. The van der Waals surface area contributed by atoms with Crippen LogP contribution >= 0.6 is 23.4 Å². The van der Waals surface area contributed by atoms with E-state index in [1.54, 1.807) is 16.3 Å². The zero-order valence-electron chi connectivity index (χ0n) is 28.3. The molecule has 4 fully saturated rings. The van der Waals surface area contributed by atoms with Gasteiger partial charge in [-0.05, 0) is 83.6 Å². The molecule has 5 aliphatic rings. The number of hydrogen-bond acceptors (Lipinski definition) is 9. The highest BCUT2D eigenvalue weighted by atomic mass is 35.5. The number of hydrogen-bond donors (Lipinski definition) is 2. The lowest BCUT2D eigenvalue weighted by molar-refractivity contribution is -0.123. The molecule has 8 unspecified atom stereocenters. The Kier molecular flexibility index (Phi) is 10.9. The van der Waals surface area contributed by atoms with E-state index < -0.39 is 27.8 Å². The van der Waals surface area contributed by atoms with Crippen LogP contribution in [0.3, 0.4) is 0 Å². The first-order chi connectivity index (χ1) is 22.6.